The Morgan fingerprint density at radius 1 is 1.35 bits per heavy atom. The van der Waals surface area contributed by atoms with Gasteiger partial charge in [0.25, 0.3) is 0 Å². The SMILES string of the molecule is Cc1noc(C)c1S(=O)(=O)NC1CCCCC1C(=O)O. The first-order valence-corrected chi connectivity index (χ1v) is 7.99. The van der Waals surface area contributed by atoms with Crippen molar-refractivity contribution >= 4 is 16.0 Å². The maximum Gasteiger partial charge on any atom is 0.308 e. The Morgan fingerprint density at radius 3 is 2.55 bits per heavy atom. The number of nitrogens with zero attached hydrogens (tertiary/aromatic N) is 1. The number of nitrogens with one attached hydrogen (secondary N) is 1. The summed E-state index contributed by atoms with van der Waals surface area (Å²) in [7, 11) is -3.81. The number of carboxylic acid groups (broad SMARTS) is 1. The first-order chi connectivity index (χ1) is 9.33. The molecular formula is C12H18N2O5S. The van der Waals surface area contributed by atoms with Crippen LogP contribution < -0.4 is 4.72 Å². The van der Waals surface area contributed by atoms with Crippen LogP contribution in [0.5, 0.6) is 0 Å². The fraction of sp³-hybridized carbons (Fsp3) is 0.667. The van der Waals surface area contributed by atoms with Crippen molar-refractivity contribution in [1.82, 2.24) is 9.88 Å². The number of aryl methyl sites for hydroxylation is 2. The van der Waals surface area contributed by atoms with Gasteiger partial charge in [0.2, 0.25) is 10.0 Å². The fourth-order valence-corrected chi connectivity index (χ4v) is 4.32. The summed E-state index contributed by atoms with van der Waals surface area (Å²) in [6, 6.07) is -0.583. The number of carbonyl (C=O) groups is 1. The summed E-state index contributed by atoms with van der Waals surface area (Å²) in [5, 5.41) is 12.8. The van der Waals surface area contributed by atoms with E-state index in [4.69, 9.17) is 4.52 Å². The maximum atomic E-state index is 12.4. The van der Waals surface area contributed by atoms with Gasteiger partial charge < -0.3 is 9.63 Å². The zero-order valence-electron chi connectivity index (χ0n) is 11.4. The summed E-state index contributed by atoms with van der Waals surface area (Å²) in [5.74, 6) is -1.44. The molecule has 2 rings (SSSR count). The van der Waals surface area contributed by atoms with Crippen molar-refractivity contribution in [2.45, 2.75) is 50.5 Å². The van der Waals surface area contributed by atoms with Gasteiger partial charge in [0.1, 0.15) is 10.6 Å². The number of sulfonamides is 1. The molecular weight excluding hydrogens is 284 g/mol. The van der Waals surface area contributed by atoms with E-state index in [9.17, 15) is 18.3 Å². The summed E-state index contributed by atoms with van der Waals surface area (Å²) >= 11 is 0. The lowest BCUT2D eigenvalue weighted by atomic mass is 9.85. The van der Waals surface area contributed by atoms with Crippen LogP contribution in [0, 0.1) is 19.8 Å². The first kappa shape index (κ1) is 15.0. The topological polar surface area (TPSA) is 110 Å². The zero-order chi connectivity index (χ0) is 14.9. The van der Waals surface area contributed by atoms with Crippen LogP contribution in [0.25, 0.3) is 0 Å². The van der Waals surface area contributed by atoms with Gasteiger partial charge in [-0.2, -0.15) is 0 Å². The molecule has 7 nitrogen and oxygen atoms in total. The van der Waals surface area contributed by atoms with E-state index in [1.54, 1.807) is 6.92 Å². The molecule has 1 aliphatic rings. The lowest BCUT2D eigenvalue weighted by Gasteiger charge is -2.28. The lowest BCUT2D eigenvalue weighted by Crippen LogP contribution is -2.45. The molecule has 2 unspecified atom stereocenters. The van der Waals surface area contributed by atoms with E-state index in [1.165, 1.54) is 6.92 Å². The van der Waals surface area contributed by atoms with Crippen LogP contribution in [0.15, 0.2) is 9.42 Å². The third-order valence-electron chi connectivity index (χ3n) is 3.63. The van der Waals surface area contributed by atoms with E-state index in [0.717, 1.165) is 12.8 Å². The second kappa shape index (κ2) is 5.53. The summed E-state index contributed by atoms with van der Waals surface area (Å²) in [6.45, 7) is 3.06. The normalized spacial score (nSPS) is 23.7. The lowest BCUT2D eigenvalue weighted by molar-refractivity contribution is -0.143. The predicted octanol–water partition coefficient (Wildman–Crippen LogP) is 1.21. The Bertz CT molecular complexity index is 588. The fourth-order valence-electron chi connectivity index (χ4n) is 2.68. The number of rotatable bonds is 4. The first-order valence-electron chi connectivity index (χ1n) is 6.51. The smallest absolute Gasteiger partial charge is 0.308 e. The number of hydrogen-bond acceptors (Lipinski definition) is 5. The van der Waals surface area contributed by atoms with E-state index < -0.39 is 28.0 Å². The van der Waals surface area contributed by atoms with Crippen molar-refractivity contribution in [1.29, 1.82) is 0 Å². The molecule has 0 saturated heterocycles. The minimum atomic E-state index is -3.81. The van der Waals surface area contributed by atoms with Gasteiger partial charge in [0, 0.05) is 6.04 Å². The summed E-state index contributed by atoms with van der Waals surface area (Å²) in [6.07, 6.45) is 2.64. The zero-order valence-corrected chi connectivity index (χ0v) is 12.2. The van der Waals surface area contributed by atoms with Gasteiger partial charge >= 0.3 is 5.97 Å². The molecule has 1 heterocycles. The Morgan fingerprint density at radius 2 is 2.00 bits per heavy atom. The van der Waals surface area contributed by atoms with E-state index in [1.807, 2.05) is 0 Å². The van der Waals surface area contributed by atoms with Crippen molar-refractivity contribution in [2.24, 2.45) is 5.92 Å². The molecule has 0 spiro atoms. The second-order valence-corrected chi connectivity index (χ2v) is 6.76. The standard InChI is InChI=1S/C12H18N2O5S/c1-7-11(8(2)19-13-7)20(17,18)14-10-6-4-3-5-9(10)12(15)16/h9-10,14H,3-6H2,1-2H3,(H,15,16). The van der Waals surface area contributed by atoms with E-state index >= 15 is 0 Å². The van der Waals surface area contributed by atoms with Crippen molar-refractivity contribution in [2.75, 3.05) is 0 Å². The summed E-state index contributed by atoms with van der Waals surface area (Å²) < 4.78 is 32.1. The van der Waals surface area contributed by atoms with Gasteiger partial charge in [-0.25, -0.2) is 13.1 Å². The van der Waals surface area contributed by atoms with Crippen molar-refractivity contribution in [3.8, 4) is 0 Å². The van der Waals surface area contributed by atoms with Crippen molar-refractivity contribution < 1.29 is 22.8 Å². The minimum absolute atomic E-state index is 0.00668. The molecule has 2 atom stereocenters. The van der Waals surface area contributed by atoms with Crippen LogP contribution in [0.1, 0.15) is 37.1 Å². The molecule has 1 aromatic heterocycles. The Kier molecular flexibility index (Phi) is 4.14. The maximum absolute atomic E-state index is 12.4. The average molecular weight is 302 g/mol. The molecule has 1 fully saturated rings. The second-order valence-electron chi connectivity index (χ2n) is 5.11. The van der Waals surface area contributed by atoms with Crippen molar-refractivity contribution in [3.05, 3.63) is 11.5 Å². The quantitative estimate of drug-likeness (QED) is 0.865. The molecule has 20 heavy (non-hydrogen) atoms. The molecule has 112 valence electrons. The largest absolute Gasteiger partial charge is 0.481 e. The Hall–Kier alpha value is -1.41. The Labute approximate surface area is 117 Å². The molecule has 2 N–H and O–H groups in total. The summed E-state index contributed by atoms with van der Waals surface area (Å²) in [4.78, 5) is 11.2. The third-order valence-corrected chi connectivity index (χ3v) is 5.36. The van der Waals surface area contributed by atoms with Crippen LogP contribution in [-0.4, -0.2) is 30.7 Å². The summed E-state index contributed by atoms with van der Waals surface area (Å²) in [5.41, 5.74) is 0.276. The van der Waals surface area contributed by atoms with Gasteiger partial charge in [-0.1, -0.05) is 18.0 Å². The van der Waals surface area contributed by atoms with E-state index in [2.05, 4.69) is 9.88 Å². The molecule has 1 aliphatic carbocycles. The van der Waals surface area contributed by atoms with Crippen molar-refractivity contribution in [3.63, 3.8) is 0 Å². The number of carboxylic acids is 1. The monoisotopic (exact) mass is 302 g/mol. The number of hydrogen-bond donors (Lipinski definition) is 2. The van der Waals surface area contributed by atoms with Gasteiger partial charge in [-0.15, -0.1) is 0 Å². The van der Waals surface area contributed by atoms with Crippen LogP contribution >= 0.6 is 0 Å². The number of aliphatic carboxylic acids is 1. The van der Waals surface area contributed by atoms with Gasteiger partial charge in [0.05, 0.1) is 5.92 Å². The molecule has 0 radical (unpaired) electrons. The number of aromatic nitrogens is 1. The van der Waals surface area contributed by atoms with E-state index in [0.29, 0.717) is 12.8 Å². The van der Waals surface area contributed by atoms with Gasteiger partial charge in [0.15, 0.2) is 5.76 Å². The minimum Gasteiger partial charge on any atom is -0.481 e. The van der Waals surface area contributed by atoms with Gasteiger partial charge in [-0.05, 0) is 26.7 Å². The highest BCUT2D eigenvalue weighted by atomic mass is 32.2. The van der Waals surface area contributed by atoms with Gasteiger partial charge in [-0.3, -0.25) is 4.79 Å². The van der Waals surface area contributed by atoms with Crippen LogP contribution in [0.3, 0.4) is 0 Å². The molecule has 1 aromatic rings. The molecule has 0 amide bonds. The molecule has 1 saturated carbocycles. The predicted molar refractivity (Wildman–Crippen MR) is 69.7 cm³/mol. The molecule has 0 aromatic carbocycles. The average Bonchev–Trinajstić information content (AvgIpc) is 2.69. The van der Waals surface area contributed by atoms with Crippen LogP contribution in [-0.2, 0) is 14.8 Å². The molecule has 0 bridgehead atoms. The van der Waals surface area contributed by atoms with Crippen LogP contribution in [0.4, 0.5) is 0 Å². The molecule has 8 heteroatoms. The highest BCUT2D eigenvalue weighted by Crippen LogP contribution is 2.27. The van der Waals surface area contributed by atoms with Crippen LogP contribution in [0.2, 0.25) is 0 Å². The highest BCUT2D eigenvalue weighted by Gasteiger charge is 2.35. The van der Waals surface area contributed by atoms with E-state index in [-0.39, 0.29) is 16.3 Å². The third kappa shape index (κ3) is 2.85. The Balaban J connectivity index is 2.25. The highest BCUT2D eigenvalue weighted by molar-refractivity contribution is 7.89. The molecule has 0 aliphatic heterocycles.